The second-order valence-corrected chi connectivity index (χ2v) is 5.03. The fraction of sp³-hybridized carbons (Fsp3) is 1.00. The molecule has 0 N–H and O–H groups in total. The fourth-order valence-corrected chi connectivity index (χ4v) is 1.10. The first kappa shape index (κ1) is 12.8. The zero-order chi connectivity index (χ0) is 10.7. The molecule has 0 aliphatic carbocycles. The van der Waals surface area contributed by atoms with Crippen molar-refractivity contribution < 1.29 is 40.0 Å². The zero-order valence-electron chi connectivity index (χ0n) is 6.02. The van der Waals surface area contributed by atoms with Gasteiger partial charge in [-0.3, -0.25) is 0 Å². The number of hydrogen-bond donors (Lipinski definition) is 0. The molecule has 0 rings (SSSR count). The Morgan fingerprint density at radius 1 is 1.38 bits per heavy atom. The molecular weight excluding hydrogens is 240 g/mol. The van der Waals surface area contributed by atoms with E-state index in [9.17, 15) is 26.3 Å². The lowest BCUT2D eigenvalue weighted by atomic mass is 11.7. The van der Waals surface area contributed by atoms with Gasteiger partial charge >= 0.3 is 13.8 Å². The van der Waals surface area contributed by atoms with Gasteiger partial charge in [-0.1, -0.05) is 9.06 Å². The lowest BCUT2D eigenvalue weighted by Gasteiger charge is -2.08. The first-order valence-corrected chi connectivity index (χ1v) is 5.90. The van der Waals surface area contributed by atoms with E-state index in [-0.39, 0.29) is 0 Å². The highest BCUT2D eigenvalue weighted by Crippen LogP contribution is 2.55. The molecule has 0 aliphatic heterocycles. The molecule has 11 heteroatoms. The molecule has 0 aromatic heterocycles. The summed E-state index contributed by atoms with van der Waals surface area (Å²) < 4.78 is 73.7. The molecule has 0 radical (unpaired) electrons. The highest BCUT2D eigenvalue weighted by atomic mass is 32.2. The van der Waals surface area contributed by atoms with Gasteiger partial charge in [0.1, 0.15) is 0 Å². The third-order valence-electron chi connectivity index (χ3n) is 0.593. The predicted octanol–water partition coefficient (Wildman–Crippen LogP) is 1.21. The van der Waals surface area contributed by atoms with E-state index in [0.29, 0.717) is 6.26 Å². The topological polar surface area (TPSA) is 78.9 Å². The van der Waals surface area contributed by atoms with Gasteiger partial charge in [0.2, 0.25) is 0 Å². The number of rotatable bonds is 5. The third-order valence-corrected chi connectivity index (χ3v) is 1.96. The largest absolute Gasteiger partial charge is 0.454 e. The summed E-state index contributed by atoms with van der Waals surface area (Å²) >= 11 is 0. The maximum Gasteiger partial charge on any atom is 0.454 e. The molecule has 13 heavy (non-hydrogen) atoms. The first-order chi connectivity index (χ1) is 5.71. The van der Waals surface area contributed by atoms with Crippen molar-refractivity contribution in [3.05, 3.63) is 0 Å². The molecule has 0 saturated heterocycles. The second kappa shape index (κ2) is 4.38. The number of alkyl halides is 2. The van der Waals surface area contributed by atoms with Crippen LogP contribution in [0.2, 0.25) is 0 Å². The molecule has 0 aromatic carbocycles. The lowest BCUT2D eigenvalue weighted by molar-refractivity contribution is -0.146. The van der Waals surface area contributed by atoms with Crippen LogP contribution in [0.1, 0.15) is 0 Å². The van der Waals surface area contributed by atoms with Crippen molar-refractivity contribution in [2.45, 2.75) is 6.17 Å². The highest BCUT2D eigenvalue weighted by Gasteiger charge is 2.41. The molecule has 80 valence electrons. The molecule has 0 amide bonds. The van der Waals surface area contributed by atoms with E-state index in [0.717, 1.165) is 0 Å². The highest BCUT2D eigenvalue weighted by molar-refractivity contribution is 7.86. The van der Waals surface area contributed by atoms with Crippen LogP contribution < -0.4 is 0 Å². The van der Waals surface area contributed by atoms with Crippen LogP contribution in [0, 0.1) is 0 Å². The summed E-state index contributed by atoms with van der Waals surface area (Å²) in [5.41, 5.74) is 0. The van der Waals surface area contributed by atoms with Crippen LogP contribution in [0.3, 0.4) is 0 Å². The Balaban J connectivity index is 4.41. The minimum atomic E-state index is -5.47. The van der Waals surface area contributed by atoms with Gasteiger partial charge < -0.3 is 0 Å². The minimum Gasteiger partial charge on any atom is -0.248 e. The molecule has 6 nitrogen and oxygen atoms in total. The average Bonchev–Trinajstić information content (AvgIpc) is 1.98. The normalized spacial score (nSPS) is 17.3. The quantitative estimate of drug-likeness (QED) is 0.411. The first-order valence-electron chi connectivity index (χ1n) is 2.47. The maximum absolute atomic E-state index is 11.6. The van der Waals surface area contributed by atoms with E-state index < -0.39 is 23.9 Å². The van der Waals surface area contributed by atoms with Crippen molar-refractivity contribution >= 4 is 17.7 Å². The van der Waals surface area contributed by atoms with Crippen molar-refractivity contribution in [3.63, 3.8) is 0 Å². The molecule has 0 aliphatic rings. The van der Waals surface area contributed by atoms with Crippen LogP contribution in [-0.4, -0.2) is 20.8 Å². The second-order valence-electron chi connectivity index (χ2n) is 1.73. The van der Waals surface area contributed by atoms with Crippen LogP contribution >= 0.6 is 7.60 Å². The number of hydrogen-bond acceptors (Lipinski definition) is 6. The molecule has 1 unspecified atom stereocenters. The van der Waals surface area contributed by atoms with Gasteiger partial charge in [0.15, 0.2) is 0 Å². The summed E-state index contributed by atoms with van der Waals surface area (Å²) in [7, 11) is -9.75. The van der Waals surface area contributed by atoms with E-state index >= 15 is 0 Å². The summed E-state index contributed by atoms with van der Waals surface area (Å²) in [6.45, 7) is 0. The Morgan fingerprint density at radius 2 is 1.85 bits per heavy atom. The van der Waals surface area contributed by atoms with Gasteiger partial charge in [-0.15, -0.1) is 4.67 Å². The molecule has 0 heterocycles. The molecule has 0 spiro atoms. The molecule has 0 saturated carbocycles. The molecular formula is C2H4F3O6PS. The van der Waals surface area contributed by atoms with Crippen LogP contribution in [0.25, 0.3) is 0 Å². The van der Waals surface area contributed by atoms with Gasteiger partial charge in [-0.2, -0.15) is 17.2 Å². The van der Waals surface area contributed by atoms with Crippen LogP contribution in [0.5, 0.6) is 0 Å². The van der Waals surface area contributed by atoms with Gasteiger partial charge in [-0.25, -0.2) is 4.57 Å². The summed E-state index contributed by atoms with van der Waals surface area (Å²) in [6.07, 6.45) is -3.43. The SMILES string of the molecule is CS(=O)(=O)OOP(=O)(OF)C(F)F. The monoisotopic (exact) mass is 244 g/mol. The number of halogens is 3. The Labute approximate surface area is 71.1 Å². The van der Waals surface area contributed by atoms with Crippen LogP contribution in [-0.2, 0) is 28.4 Å². The van der Waals surface area contributed by atoms with Crippen molar-refractivity contribution in [3.8, 4) is 0 Å². The van der Waals surface area contributed by atoms with E-state index in [1.54, 1.807) is 0 Å². The van der Waals surface area contributed by atoms with Gasteiger partial charge in [-0.05, 0) is 4.53 Å². The van der Waals surface area contributed by atoms with Crippen LogP contribution in [0.15, 0.2) is 0 Å². The minimum absolute atomic E-state index is 0.418. The molecule has 0 bridgehead atoms. The van der Waals surface area contributed by atoms with E-state index in [2.05, 4.69) is 13.7 Å². The summed E-state index contributed by atoms with van der Waals surface area (Å²) in [5.74, 6) is 0. The van der Waals surface area contributed by atoms with E-state index in [1.807, 2.05) is 0 Å². The molecule has 0 fully saturated rings. The Morgan fingerprint density at radius 3 is 2.08 bits per heavy atom. The standard InChI is InChI=1S/C2H4F3O6PS/c1-13(7,8)11-10-12(6,9-5)2(3)4/h2H,1H3. The van der Waals surface area contributed by atoms with E-state index in [1.165, 1.54) is 0 Å². The zero-order valence-corrected chi connectivity index (χ0v) is 7.73. The van der Waals surface area contributed by atoms with Gasteiger partial charge in [0.05, 0.1) is 6.26 Å². The van der Waals surface area contributed by atoms with E-state index in [4.69, 9.17) is 0 Å². The maximum atomic E-state index is 11.6. The summed E-state index contributed by atoms with van der Waals surface area (Å²) in [4.78, 5) is 0. The molecule has 1 atom stereocenters. The predicted molar refractivity (Wildman–Crippen MR) is 32.8 cm³/mol. The average molecular weight is 244 g/mol. The lowest BCUT2D eigenvalue weighted by Crippen LogP contribution is -2.06. The van der Waals surface area contributed by atoms with Gasteiger partial charge in [0.25, 0.3) is 10.1 Å². The molecule has 0 aromatic rings. The summed E-state index contributed by atoms with van der Waals surface area (Å²) in [6, 6.07) is 0. The Kier molecular flexibility index (Phi) is 4.33. The smallest absolute Gasteiger partial charge is 0.248 e. The van der Waals surface area contributed by atoms with Crippen molar-refractivity contribution in [1.82, 2.24) is 0 Å². The Bertz CT molecular complexity index is 299. The summed E-state index contributed by atoms with van der Waals surface area (Å²) in [5, 5.41) is 0. The van der Waals surface area contributed by atoms with Crippen LogP contribution in [0.4, 0.5) is 13.3 Å². The Hall–Kier alpha value is -0.150. The van der Waals surface area contributed by atoms with Crippen molar-refractivity contribution in [2.75, 3.05) is 6.26 Å². The fourth-order valence-electron chi connectivity index (χ4n) is 0.172. The van der Waals surface area contributed by atoms with Crippen molar-refractivity contribution in [1.29, 1.82) is 0 Å². The third kappa shape index (κ3) is 4.58. The van der Waals surface area contributed by atoms with Gasteiger partial charge in [0, 0.05) is 0 Å². The van der Waals surface area contributed by atoms with Crippen molar-refractivity contribution in [2.24, 2.45) is 0 Å².